The van der Waals surface area contributed by atoms with Crippen molar-refractivity contribution in [3.05, 3.63) is 22.4 Å². The molecule has 2 atom stereocenters. The summed E-state index contributed by atoms with van der Waals surface area (Å²) in [5.41, 5.74) is 6.11. The van der Waals surface area contributed by atoms with Crippen LogP contribution in [0.25, 0.3) is 0 Å². The number of carbonyl (C=O) groups is 1. The Morgan fingerprint density at radius 2 is 2.22 bits per heavy atom. The standard InChI is InChI=1S/C14H20N2OS/c15-12-7-11(6-10-3-4-10)8-16(9-12)14(17)13-2-1-5-18-13/h1-2,5,10-12H,3-4,6-9,15H2. The van der Waals surface area contributed by atoms with E-state index in [0.717, 1.165) is 30.3 Å². The SMILES string of the molecule is NC1CC(CC2CC2)CN(C(=O)c2cccs2)C1. The molecule has 1 aliphatic carbocycles. The average Bonchev–Trinajstić information content (AvgIpc) is 2.98. The van der Waals surface area contributed by atoms with Crippen LogP contribution in [0.3, 0.4) is 0 Å². The molecule has 0 aromatic carbocycles. The van der Waals surface area contributed by atoms with Crippen LogP contribution < -0.4 is 5.73 Å². The van der Waals surface area contributed by atoms with Gasteiger partial charge in [0.25, 0.3) is 5.91 Å². The highest BCUT2D eigenvalue weighted by atomic mass is 32.1. The smallest absolute Gasteiger partial charge is 0.263 e. The number of rotatable bonds is 3. The van der Waals surface area contributed by atoms with Gasteiger partial charge in [0.2, 0.25) is 0 Å². The maximum absolute atomic E-state index is 12.3. The lowest BCUT2D eigenvalue weighted by atomic mass is 9.90. The quantitative estimate of drug-likeness (QED) is 0.911. The molecule has 4 heteroatoms. The fourth-order valence-electron chi connectivity index (χ4n) is 2.96. The minimum Gasteiger partial charge on any atom is -0.336 e. The maximum Gasteiger partial charge on any atom is 0.263 e. The van der Waals surface area contributed by atoms with Gasteiger partial charge in [0, 0.05) is 19.1 Å². The van der Waals surface area contributed by atoms with Crippen LogP contribution in [0.1, 0.15) is 35.4 Å². The number of nitrogens with zero attached hydrogens (tertiary/aromatic N) is 1. The first kappa shape index (κ1) is 12.2. The Kier molecular flexibility index (Phi) is 3.39. The first-order valence-electron chi connectivity index (χ1n) is 6.80. The first-order chi connectivity index (χ1) is 8.72. The summed E-state index contributed by atoms with van der Waals surface area (Å²) in [6.07, 6.45) is 5.11. The predicted octanol–water partition coefficient (Wildman–Crippen LogP) is 2.34. The summed E-state index contributed by atoms with van der Waals surface area (Å²) in [5, 5.41) is 1.96. The van der Waals surface area contributed by atoms with Gasteiger partial charge < -0.3 is 10.6 Å². The summed E-state index contributed by atoms with van der Waals surface area (Å²) < 4.78 is 0. The van der Waals surface area contributed by atoms with Crippen LogP contribution >= 0.6 is 11.3 Å². The van der Waals surface area contributed by atoms with Crippen LogP contribution in [-0.4, -0.2) is 29.9 Å². The van der Waals surface area contributed by atoms with Gasteiger partial charge in [-0.1, -0.05) is 18.9 Å². The van der Waals surface area contributed by atoms with Crippen molar-refractivity contribution in [2.75, 3.05) is 13.1 Å². The molecule has 1 aromatic heterocycles. The molecule has 2 unspecified atom stereocenters. The molecule has 1 saturated heterocycles. The van der Waals surface area contributed by atoms with Crippen molar-refractivity contribution in [3.8, 4) is 0 Å². The van der Waals surface area contributed by atoms with Gasteiger partial charge in [-0.05, 0) is 36.1 Å². The Morgan fingerprint density at radius 3 is 2.89 bits per heavy atom. The molecule has 1 aromatic rings. The molecule has 1 amide bonds. The van der Waals surface area contributed by atoms with Crippen molar-refractivity contribution in [1.82, 2.24) is 4.90 Å². The minimum atomic E-state index is 0.159. The van der Waals surface area contributed by atoms with E-state index in [0.29, 0.717) is 5.92 Å². The minimum absolute atomic E-state index is 0.159. The van der Waals surface area contributed by atoms with E-state index in [2.05, 4.69) is 0 Å². The molecule has 2 aliphatic rings. The van der Waals surface area contributed by atoms with Crippen molar-refractivity contribution in [3.63, 3.8) is 0 Å². The van der Waals surface area contributed by atoms with Crippen molar-refractivity contribution >= 4 is 17.2 Å². The molecule has 2 heterocycles. The molecule has 2 N–H and O–H groups in total. The number of amides is 1. The third kappa shape index (κ3) is 2.75. The van der Waals surface area contributed by atoms with E-state index in [9.17, 15) is 4.79 Å². The van der Waals surface area contributed by atoms with Crippen molar-refractivity contribution in [2.24, 2.45) is 17.6 Å². The molecule has 3 nitrogen and oxygen atoms in total. The van der Waals surface area contributed by atoms with Crippen molar-refractivity contribution in [2.45, 2.75) is 31.7 Å². The fraction of sp³-hybridized carbons (Fsp3) is 0.643. The highest BCUT2D eigenvalue weighted by Gasteiger charge is 2.33. The van der Waals surface area contributed by atoms with Gasteiger partial charge in [-0.25, -0.2) is 0 Å². The second kappa shape index (κ2) is 5.02. The van der Waals surface area contributed by atoms with Crippen LogP contribution in [0.5, 0.6) is 0 Å². The number of nitrogens with two attached hydrogens (primary N) is 1. The monoisotopic (exact) mass is 264 g/mol. The van der Waals surface area contributed by atoms with Crippen molar-refractivity contribution < 1.29 is 4.79 Å². The van der Waals surface area contributed by atoms with Gasteiger partial charge in [0.05, 0.1) is 4.88 Å². The Balaban J connectivity index is 1.65. The number of piperidine rings is 1. The van der Waals surface area contributed by atoms with Gasteiger partial charge >= 0.3 is 0 Å². The molecular formula is C14H20N2OS. The molecule has 2 fully saturated rings. The molecular weight excluding hydrogens is 244 g/mol. The zero-order valence-electron chi connectivity index (χ0n) is 10.5. The van der Waals surface area contributed by atoms with Gasteiger partial charge in [-0.15, -0.1) is 11.3 Å². The summed E-state index contributed by atoms with van der Waals surface area (Å²) >= 11 is 1.52. The second-order valence-corrected chi connectivity index (χ2v) is 6.68. The van der Waals surface area contributed by atoms with E-state index in [1.54, 1.807) is 0 Å². The zero-order valence-corrected chi connectivity index (χ0v) is 11.4. The number of hydrogen-bond donors (Lipinski definition) is 1. The topological polar surface area (TPSA) is 46.3 Å². The van der Waals surface area contributed by atoms with E-state index in [1.165, 1.54) is 30.6 Å². The van der Waals surface area contributed by atoms with Gasteiger partial charge in [-0.2, -0.15) is 0 Å². The van der Waals surface area contributed by atoms with Crippen LogP contribution in [-0.2, 0) is 0 Å². The van der Waals surface area contributed by atoms with Crippen LogP contribution in [0.2, 0.25) is 0 Å². The summed E-state index contributed by atoms with van der Waals surface area (Å²) in [6, 6.07) is 4.00. The van der Waals surface area contributed by atoms with E-state index in [1.807, 2.05) is 22.4 Å². The first-order valence-corrected chi connectivity index (χ1v) is 7.68. The fourth-order valence-corrected chi connectivity index (χ4v) is 3.65. The molecule has 1 saturated carbocycles. The lowest BCUT2D eigenvalue weighted by Gasteiger charge is -2.36. The molecule has 0 radical (unpaired) electrons. The highest BCUT2D eigenvalue weighted by molar-refractivity contribution is 7.12. The van der Waals surface area contributed by atoms with Crippen LogP contribution in [0, 0.1) is 11.8 Å². The Hall–Kier alpha value is -0.870. The summed E-state index contributed by atoms with van der Waals surface area (Å²) in [6.45, 7) is 1.62. The Morgan fingerprint density at radius 1 is 1.39 bits per heavy atom. The molecule has 18 heavy (non-hydrogen) atoms. The van der Waals surface area contributed by atoms with E-state index < -0.39 is 0 Å². The lowest BCUT2D eigenvalue weighted by Crippen LogP contribution is -2.49. The number of hydrogen-bond acceptors (Lipinski definition) is 3. The average molecular weight is 264 g/mol. The third-order valence-corrected chi connectivity index (χ3v) is 4.81. The molecule has 0 bridgehead atoms. The molecule has 0 spiro atoms. The predicted molar refractivity (Wildman–Crippen MR) is 73.6 cm³/mol. The summed E-state index contributed by atoms with van der Waals surface area (Å²) in [5.74, 6) is 1.70. The van der Waals surface area contributed by atoms with Crippen LogP contribution in [0.4, 0.5) is 0 Å². The van der Waals surface area contributed by atoms with Gasteiger partial charge in [0.1, 0.15) is 0 Å². The normalized spacial score (nSPS) is 28.4. The van der Waals surface area contributed by atoms with Gasteiger partial charge in [-0.3, -0.25) is 4.79 Å². The van der Waals surface area contributed by atoms with Gasteiger partial charge in [0.15, 0.2) is 0 Å². The van der Waals surface area contributed by atoms with E-state index >= 15 is 0 Å². The second-order valence-electron chi connectivity index (χ2n) is 5.73. The van der Waals surface area contributed by atoms with E-state index in [4.69, 9.17) is 5.73 Å². The molecule has 1 aliphatic heterocycles. The largest absolute Gasteiger partial charge is 0.336 e. The zero-order chi connectivity index (χ0) is 12.5. The Bertz CT molecular complexity index is 411. The van der Waals surface area contributed by atoms with Crippen LogP contribution in [0.15, 0.2) is 17.5 Å². The number of likely N-dealkylation sites (tertiary alicyclic amines) is 1. The summed E-state index contributed by atoms with van der Waals surface area (Å²) in [4.78, 5) is 15.1. The van der Waals surface area contributed by atoms with Crippen molar-refractivity contribution in [1.29, 1.82) is 0 Å². The maximum atomic E-state index is 12.3. The number of thiophene rings is 1. The lowest BCUT2D eigenvalue weighted by molar-refractivity contribution is 0.0644. The molecule has 3 rings (SSSR count). The Labute approximate surface area is 112 Å². The number of carbonyl (C=O) groups excluding carboxylic acids is 1. The van der Waals surface area contributed by atoms with E-state index in [-0.39, 0.29) is 11.9 Å². The highest BCUT2D eigenvalue weighted by Crippen LogP contribution is 2.37. The summed E-state index contributed by atoms with van der Waals surface area (Å²) in [7, 11) is 0. The molecule has 98 valence electrons. The third-order valence-electron chi connectivity index (χ3n) is 3.95.